The van der Waals surface area contributed by atoms with Gasteiger partial charge in [-0.2, -0.15) is 0 Å². The summed E-state index contributed by atoms with van der Waals surface area (Å²) in [7, 11) is 0.408. The molecule has 2 heterocycles. The van der Waals surface area contributed by atoms with Crippen LogP contribution in [0.4, 0.5) is 4.39 Å². The van der Waals surface area contributed by atoms with Crippen LogP contribution in [0.15, 0.2) is 24.3 Å². The lowest BCUT2D eigenvalue weighted by Gasteiger charge is -2.36. The molecule has 192 valence electrons. The molecule has 0 aliphatic carbocycles. The number of rotatable bonds is 10. The number of ether oxygens (including phenoxy) is 2. The van der Waals surface area contributed by atoms with Crippen LogP contribution in [0, 0.1) is 0 Å². The maximum absolute atomic E-state index is 13.9. The van der Waals surface area contributed by atoms with Crippen LogP contribution < -0.4 is 5.32 Å². The van der Waals surface area contributed by atoms with Crippen molar-refractivity contribution in [2.75, 3.05) is 38.9 Å². The van der Waals surface area contributed by atoms with Crippen LogP contribution in [0.5, 0.6) is 0 Å². The fraction of sp³-hybridized carbons (Fsp3) is 0.708. The lowest BCUT2D eigenvalue weighted by molar-refractivity contribution is -0.173. The van der Waals surface area contributed by atoms with Crippen LogP contribution in [0.25, 0.3) is 0 Å². The Kier molecular flexibility index (Phi) is 9.45. The number of halogens is 1. The van der Waals surface area contributed by atoms with Crippen LogP contribution in [0.2, 0.25) is 0 Å². The van der Waals surface area contributed by atoms with Crippen molar-refractivity contribution in [3.8, 4) is 0 Å². The average Bonchev–Trinajstić information content (AvgIpc) is 3.16. The van der Waals surface area contributed by atoms with Crippen molar-refractivity contribution in [2.24, 2.45) is 0 Å². The summed E-state index contributed by atoms with van der Waals surface area (Å²) in [6.07, 6.45) is 0.556. The standard InChI is InChI=1S/C24H37FN2O6S/c1-16-12-20(13-23(29)33-16)27(2)10-8-22(28)26-21(14-25)24(32-3)18-6-4-17(5-7-18)19-9-11-34(30,31)15-19/h4-7,16,19-21,23-24,29H,8-15H2,1-3H3,(H,26,28)/t16-,19?,20+,21-,23-,24-/m1/s1. The van der Waals surface area contributed by atoms with E-state index >= 15 is 0 Å². The molecule has 1 unspecified atom stereocenters. The molecule has 1 aromatic rings. The normalized spacial score (nSPS) is 28.5. The van der Waals surface area contributed by atoms with Gasteiger partial charge in [-0.05, 0) is 43.9 Å². The number of amides is 1. The number of sulfone groups is 1. The molecule has 3 rings (SSSR count). The number of hydrogen-bond donors (Lipinski definition) is 2. The highest BCUT2D eigenvalue weighted by Gasteiger charge is 2.31. The van der Waals surface area contributed by atoms with Crippen LogP contribution in [0.1, 0.15) is 55.8 Å². The monoisotopic (exact) mass is 500 g/mol. The van der Waals surface area contributed by atoms with Gasteiger partial charge in [0.15, 0.2) is 16.1 Å². The van der Waals surface area contributed by atoms with Crippen molar-refractivity contribution >= 4 is 15.7 Å². The van der Waals surface area contributed by atoms with Crippen molar-refractivity contribution in [1.29, 1.82) is 0 Å². The van der Waals surface area contributed by atoms with E-state index in [1.807, 2.05) is 43.1 Å². The summed E-state index contributed by atoms with van der Waals surface area (Å²) in [5, 5.41) is 12.6. The van der Waals surface area contributed by atoms with Gasteiger partial charge in [-0.25, -0.2) is 12.8 Å². The van der Waals surface area contributed by atoms with E-state index in [-0.39, 0.29) is 41.9 Å². The number of hydrogen-bond acceptors (Lipinski definition) is 7. The zero-order valence-corrected chi connectivity index (χ0v) is 21.0. The second-order valence-electron chi connectivity index (χ2n) is 9.51. The van der Waals surface area contributed by atoms with Crippen molar-refractivity contribution in [3.63, 3.8) is 0 Å². The maximum atomic E-state index is 13.9. The average molecular weight is 501 g/mol. The predicted octanol–water partition coefficient (Wildman–Crippen LogP) is 1.94. The summed E-state index contributed by atoms with van der Waals surface area (Å²) in [4.78, 5) is 14.6. The Balaban J connectivity index is 1.55. The van der Waals surface area contributed by atoms with Crippen molar-refractivity contribution < 1.29 is 32.2 Å². The first-order valence-electron chi connectivity index (χ1n) is 11.8. The summed E-state index contributed by atoms with van der Waals surface area (Å²) in [5.41, 5.74) is 1.66. The molecular formula is C24H37FN2O6S. The highest BCUT2D eigenvalue weighted by atomic mass is 32.2. The minimum absolute atomic E-state index is 0.0199. The first kappa shape index (κ1) is 27.0. The third-order valence-corrected chi connectivity index (χ3v) is 8.65. The van der Waals surface area contributed by atoms with Gasteiger partial charge in [-0.3, -0.25) is 4.79 Å². The van der Waals surface area contributed by atoms with Gasteiger partial charge in [0.05, 0.1) is 23.7 Å². The molecule has 8 nitrogen and oxygen atoms in total. The second-order valence-corrected chi connectivity index (χ2v) is 11.7. The zero-order chi connectivity index (χ0) is 24.9. The van der Waals surface area contributed by atoms with E-state index in [2.05, 4.69) is 5.32 Å². The number of aliphatic hydroxyl groups excluding tert-OH is 1. The minimum Gasteiger partial charge on any atom is -0.375 e. The van der Waals surface area contributed by atoms with Gasteiger partial charge in [-0.1, -0.05) is 24.3 Å². The summed E-state index contributed by atoms with van der Waals surface area (Å²) in [6.45, 7) is 1.60. The number of nitrogens with one attached hydrogen (secondary N) is 1. The Hall–Kier alpha value is -1.59. The van der Waals surface area contributed by atoms with Gasteiger partial charge in [0.2, 0.25) is 5.91 Å². The van der Waals surface area contributed by atoms with E-state index in [1.54, 1.807) is 0 Å². The van der Waals surface area contributed by atoms with E-state index in [1.165, 1.54) is 7.11 Å². The number of carbonyl (C=O) groups is 1. The van der Waals surface area contributed by atoms with Crippen LogP contribution in [-0.4, -0.2) is 87.7 Å². The fourth-order valence-electron chi connectivity index (χ4n) is 4.93. The predicted molar refractivity (Wildman–Crippen MR) is 127 cm³/mol. The van der Waals surface area contributed by atoms with E-state index in [0.717, 1.165) is 17.5 Å². The lowest BCUT2D eigenvalue weighted by atomic mass is 9.95. The molecule has 34 heavy (non-hydrogen) atoms. The van der Waals surface area contributed by atoms with E-state index in [4.69, 9.17) is 9.47 Å². The van der Waals surface area contributed by atoms with Crippen LogP contribution in [-0.2, 0) is 24.1 Å². The largest absolute Gasteiger partial charge is 0.375 e. The number of alkyl halides is 1. The molecule has 2 N–H and O–H groups in total. The number of methoxy groups -OCH3 is 1. The molecule has 0 bridgehead atoms. The van der Waals surface area contributed by atoms with E-state index in [9.17, 15) is 22.7 Å². The number of benzene rings is 1. The molecule has 2 aliphatic rings. The molecule has 2 aliphatic heterocycles. The number of carbonyl (C=O) groups excluding carboxylic acids is 1. The fourth-order valence-corrected chi connectivity index (χ4v) is 6.72. The van der Waals surface area contributed by atoms with Gasteiger partial charge < -0.3 is 24.8 Å². The van der Waals surface area contributed by atoms with Gasteiger partial charge >= 0.3 is 0 Å². The quantitative estimate of drug-likeness (QED) is 0.506. The summed E-state index contributed by atoms with van der Waals surface area (Å²) in [6, 6.07) is 6.63. The van der Waals surface area contributed by atoms with Crippen molar-refractivity contribution in [1.82, 2.24) is 10.2 Å². The highest BCUT2D eigenvalue weighted by molar-refractivity contribution is 7.91. The van der Waals surface area contributed by atoms with E-state index in [0.29, 0.717) is 19.4 Å². The first-order chi connectivity index (χ1) is 16.1. The smallest absolute Gasteiger partial charge is 0.221 e. The van der Waals surface area contributed by atoms with Gasteiger partial charge in [-0.15, -0.1) is 0 Å². The Labute approximate surface area is 201 Å². The second kappa shape index (κ2) is 11.9. The van der Waals surface area contributed by atoms with Gasteiger partial charge in [0, 0.05) is 32.5 Å². The van der Waals surface area contributed by atoms with E-state index < -0.39 is 34.9 Å². The first-order valence-corrected chi connectivity index (χ1v) is 13.7. The molecule has 2 fully saturated rings. The molecule has 0 radical (unpaired) electrons. The molecular weight excluding hydrogens is 463 g/mol. The molecule has 0 spiro atoms. The molecule has 6 atom stereocenters. The van der Waals surface area contributed by atoms with Gasteiger partial charge in [0.1, 0.15) is 12.8 Å². The molecule has 1 aromatic carbocycles. The number of aliphatic hydroxyl groups is 1. The summed E-state index contributed by atoms with van der Waals surface area (Å²) >= 11 is 0. The topological polar surface area (TPSA) is 105 Å². The van der Waals surface area contributed by atoms with Crippen LogP contribution in [0.3, 0.4) is 0 Å². The van der Waals surface area contributed by atoms with Gasteiger partial charge in [0.25, 0.3) is 0 Å². The summed E-state index contributed by atoms with van der Waals surface area (Å²) in [5.74, 6) is 0.0709. The van der Waals surface area contributed by atoms with Crippen molar-refractivity contribution in [2.45, 2.75) is 69.1 Å². The third-order valence-electron chi connectivity index (χ3n) is 6.88. The molecule has 10 heteroatoms. The SMILES string of the molecule is CO[C@H](c1ccc(C2CCS(=O)(=O)C2)cc1)[C@@H](CF)NC(=O)CCN(C)[C@H]1C[C@@H](C)O[C@@H](O)C1. The van der Waals surface area contributed by atoms with Crippen LogP contribution >= 0.6 is 0 Å². The zero-order valence-electron chi connectivity index (χ0n) is 20.2. The number of nitrogens with zero attached hydrogens (tertiary/aromatic N) is 1. The Morgan fingerprint density at radius 2 is 2.03 bits per heavy atom. The third kappa shape index (κ3) is 7.21. The molecule has 0 saturated carbocycles. The summed E-state index contributed by atoms with van der Waals surface area (Å²) < 4.78 is 48.3. The Morgan fingerprint density at radius 3 is 2.59 bits per heavy atom. The maximum Gasteiger partial charge on any atom is 0.221 e. The van der Waals surface area contributed by atoms with Crippen molar-refractivity contribution in [3.05, 3.63) is 35.4 Å². The molecule has 0 aromatic heterocycles. The Morgan fingerprint density at radius 1 is 1.32 bits per heavy atom. The molecule has 2 saturated heterocycles. The lowest BCUT2D eigenvalue weighted by Crippen LogP contribution is -2.45. The highest BCUT2D eigenvalue weighted by Crippen LogP contribution is 2.30. The minimum atomic E-state index is -2.97. The Bertz CT molecular complexity index is 903. The molecule has 1 amide bonds.